The molecule has 0 amide bonds. The molecule has 0 bridgehead atoms. The fourth-order valence-electron chi connectivity index (χ4n) is 2.25. The Morgan fingerprint density at radius 1 is 0.875 bits per heavy atom. The lowest BCUT2D eigenvalue weighted by Gasteiger charge is -2.10. The minimum absolute atomic E-state index is 0.235. The second-order valence-electron chi connectivity index (χ2n) is 4.98. The maximum absolute atomic E-state index is 12.1. The van der Waals surface area contributed by atoms with Crippen molar-refractivity contribution in [3.63, 3.8) is 0 Å². The number of rotatable bonds is 6. The number of aldehydes is 1. The number of hydrogen-bond donors (Lipinski definition) is 0. The maximum atomic E-state index is 12.1. The Balaban J connectivity index is 2.54. The molecule has 2 aromatic carbocycles. The van der Waals surface area contributed by atoms with Gasteiger partial charge in [-0.15, -0.1) is 0 Å². The summed E-state index contributed by atoms with van der Waals surface area (Å²) in [4.78, 5) is 35.1. The predicted molar refractivity (Wildman–Crippen MR) is 89.2 cm³/mol. The van der Waals surface area contributed by atoms with Crippen molar-refractivity contribution in [3.8, 4) is 11.1 Å². The summed E-state index contributed by atoms with van der Waals surface area (Å²) in [6, 6.07) is 11.6. The normalized spacial score (nSPS) is 10.1. The SMILES string of the molecule is CCOC(=O)c1cc(C(=O)OCC)cc(-c2cccc(C=O)c2)c1. The van der Waals surface area contributed by atoms with Gasteiger partial charge in [0.05, 0.1) is 24.3 Å². The Morgan fingerprint density at radius 2 is 1.46 bits per heavy atom. The van der Waals surface area contributed by atoms with Gasteiger partial charge in [-0.3, -0.25) is 4.79 Å². The van der Waals surface area contributed by atoms with E-state index in [0.717, 1.165) is 11.8 Å². The van der Waals surface area contributed by atoms with Crippen molar-refractivity contribution in [3.05, 3.63) is 59.2 Å². The molecular formula is C19H18O5. The topological polar surface area (TPSA) is 69.7 Å². The van der Waals surface area contributed by atoms with Crippen molar-refractivity contribution in [1.29, 1.82) is 0 Å². The van der Waals surface area contributed by atoms with Crippen LogP contribution in [0.3, 0.4) is 0 Å². The molecule has 0 aliphatic heterocycles. The Morgan fingerprint density at radius 3 is 1.96 bits per heavy atom. The first-order valence-electron chi connectivity index (χ1n) is 7.64. The Labute approximate surface area is 140 Å². The van der Waals surface area contributed by atoms with Gasteiger partial charge in [-0.25, -0.2) is 9.59 Å². The third-order valence-corrected chi connectivity index (χ3v) is 3.31. The molecule has 0 saturated heterocycles. The monoisotopic (exact) mass is 326 g/mol. The molecule has 0 radical (unpaired) electrons. The zero-order valence-electron chi connectivity index (χ0n) is 13.6. The number of hydrogen-bond acceptors (Lipinski definition) is 5. The van der Waals surface area contributed by atoms with Crippen LogP contribution in [-0.2, 0) is 9.47 Å². The summed E-state index contributed by atoms with van der Waals surface area (Å²) in [5.41, 5.74) is 2.37. The fraction of sp³-hybridized carbons (Fsp3) is 0.211. The van der Waals surface area contributed by atoms with Gasteiger partial charge in [-0.1, -0.05) is 18.2 Å². The molecular weight excluding hydrogens is 308 g/mol. The van der Waals surface area contributed by atoms with Gasteiger partial charge in [0.15, 0.2) is 0 Å². The summed E-state index contributed by atoms with van der Waals surface area (Å²) in [6.45, 7) is 3.89. The van der Waals surface area contributed by atoms with E-state index in [1.165, 1.54) is 6.07 Å². The second kappa shape index (κ2) is 8.06. The highest BCUT2D eigenvalue weighted by Crippen LogP contribution is 2.24. The van der Waals surface area contributed by atoms with E-state index in [0.29, 0.717) is 11.1 Å². The van der Waals surface area contributed by atoms with Crippen molar-refractivity contribution in [2.75, 3.05) is 13.2 Å². The highest BCUT2D eigenvalue weighted by Gasteiger charge is 2.15. The van der Waals surface area contributed by atoms with Crippen molar-refractivity contribution in [2.45, 2.75) is 13.8 Å². The Bertz CT molecular complexity index is 728. The van der Waals surface area contributed by atoms with E-state index in [2.05, 4.69) is 0 Å². The zero-order valence-corrected chi connectivity index (χ0v) is 13.6. The van der Waals surface area contributed by atoms with Crippen molar-refractivity contribution in [1.82, 2.24) is 0 Å². The summed E-state index contributed by atoms with van der Waals surface area (Å²) in [5.74, 6) is -1.03. The molecule has 24 heavy (non-hydrogen) atoms. The molecule has 0 atom stereocenters. The molecule has 5 nitrogen and oxygen atoms in total. The lowest BCUT2D eigenvalue weighted by Crippen LogP contribution is -2.09. The largest absolute Gasteiger partial charge is 0.462 e. The maximum Gasteiger partial charge on any atom is 0.338 e. The van der Waals surface area contributed by atoms with Crippen LogP contribution < -0.4 is 0 Å². The van der Waals surface area contributed by atoms with E-state index < -0.39 is 11.9 Å². The highest BCUT2D eigenvalue weighted by molar-refractivity contribution is 5.97. The smallest absolute Gasteiger partial charge is 0.338 e. The quantitative estimate of drug-likeness (QED) is 0.600. The van der Waals surface area contributed by atoms with E-state index >= 15 is 0 Å². The van der Waals surface area contributed by atoms with Crippen molar-refractivity contribution in [2.24, 2.45) is 0 Å². The molecule has 0 aliphatic carbocycles. The molecule has 0 N–H and O–H groups in total. The van der Waals surface area contributed by atoms with Gasteiger partial charge in [0.25, 0.3) is 0 Å². The van der Waals surface area contributed by atoms with Crippen LogP contribution in [0.4, 0.5) is 0 Å². The molecule has 5 heteroatoms. The van der Waals surface area contributed by atoms with Crippen LogP contribution in [0.15, 0.2) is 42.5 Å². The van der Waals surface area contributed by atoms with Gasteiger partial charge < -0.3 is 9.47 Å². The summed E-state index contributed by atoms with van der Waals surface area (Å²) < 4.78 is 10.0. The van der Waals surface area contributed by atoms with E-state index in [1.54, 1.807) is 50.2 Å². The molecule has 2 aromatic rings. The van der Waals surface area contributed by atoms with Gasteiger partial charge in [-0.05, 0) is 49.2 Å². The minimum atomic E-state index is -0.517. The number of esters is 2. The average molecular weight is 326 g/mol. The van der Waals surface area contributed by atoms with Gasteiger partial charge in [0.2, 0.25) is 0 Å². The fourth-order valence-corrected chi connectivity index (χ4v) is 2.25. The Hall–Kier alpha value is -2.95. The number of carbonyl (C=O) groups excluding carboxylic acids is 3. The van der Waals surface area contributed by atoms with Crippen molar-refractivity contribution < 1.29 is 23.9 Å². The van der Waals surface area contributed by atoms with Gasteiger partial charge in [0.1, 0.15) is 6.29 Å². The average Bonchev–Trinajstić information content (AvgIpc) is 2.61. The number of benzene rings is 2. The van der Waals surface area contributed by atoms with Crippen LogP contribution in [-0.4, -0.2) is 31.4 Å². The van der Waals surface area contributed by atoms with Gasteiger partial charge >= 0.3 is 11.9 Å². The standard InChI is InChI=1S/C19H18O5/c1-3-23-18(21)16-9-15(10-17(11-16)19(22)24-4-2)14-7-5-6-13(8-14)12-20/h5-12H,3-4H2,1-2H3. The zero-order chi connectivity index (χ0) is 17.5. The third-order valence-electron chi connectivity index (χ3n) is 3.31. The molecule has 124 valence electrons. The van der Waals surface area contributed by atoms with Crippen LogP contribution in [0.1, 0.15) is 44.9 Å². The summed E-state index contributed by atoms with van der Waals surface area (Å²) in [6.07, 6.45) is 0.741. The molecule has 0 heterocycles. The molecule has 0 fully saturated rings. The van der Waals surface area contributed by atoms with E-state index in [9.17, 15) is 14.4 Å². The van der Waals surface area contributed by atoms with Gasteiger partial charge in [-0.2, -0.15) is 0 Å². The first-order chi connectivity index (χ1) is 11.6. The van der Waals surface area contributed by atoms with E-state index in [4.69, 9.17) is 9.47 Å². The lowest BCUT2D eigenvalue weighted by atomic mass is 9.98. The van der Waals surface area contributed by atoms with Gasteiger partial charge in [0, 0.05) is 5.56 Å². The van der Waals surface area contributed by atoms with E-state index in [1.807, 2.05) is 0 Å². The van der Waals surface area contributed by atoms with Crippen LogP contribution in [0.25, 0.3) is 11.1 Å². The molecule has 0 spiro atoms. The molecule has 0 saturated carbocycles. The third kappa shape index (κ3) is 4.07. The first kappa shape index (κ1) is 17.4. The lowest BCUT2D eigenvalue weighted by molar-refractivity contribution is 0.0525. The molecule has 0 unspecified atom stereocenters. The summed E-state index contributed by atoms with van der Waals surface area (Å²) in [5, 5.41) is 0. The highest BCUT2D eigenvalue weighted by atomic mass is 16.5. The predicted octanol–water partition coefficient (Wildman–Crippen LogP) is 3.52. The second-order valence-corrected chi connectivity index (χ2v) is 4.98. The van der Waals surface area contributed by atoms with Crippen LogP contribution in [0.2, 0.25) is 0 Å². The molecule has 0 aromatic heterocycles. The Kier molecular flexibility index (Phi) is 5.84. The van der Waals surface area contributed by atoms with Crippen LogP contribution in [0, 0.1) is 0 Å². The van der Waals surface area contributed by atoms with Crippen molar-refractivity contribution >= 4 is 18.2 Å². The van der Waals surface area contributed by atoms with Crippen LogP contribution in [0.5, 0.6) is 0 Å². The first-order valence-corrected chi connectivity index (χ1v) is 7.64. The minimum Gasteiger partial charge on any atom is -0.462 e. The van der Waals surface area contributed by atoms with Crippen LogP contribution >= 0.6 is 0 Å². The number of ether oxygens (including phenoxy) is 2. The molecule has 0 aliphatic rings. The summed E-state index contributed by atoms with van der Waals surface area (Å²) in [7, 11) is 0. The molecule has 2 rings (SSSR count). The van der Waals surface area contributed by atoms with E-state index in [-0.39, 0.29) is 24.3 Å². The summed E-state index contributed by atoms with van der Waals surface area (Å²) >= 11 is 0. The number of carbonyl (C=O) groups is 3.